The maximum atomic E-state index is 12.7. The average molecular weight is 348 g/mol. The summed E-state index contributed by atoms with van der Waals surface area (Å²) in [4.78, 5) is 32.8. The highest BCUT2D eigenvalue weighted by Crippen LogP contribution is 2.13. The third-order valence-electron chi connectivity index (χ3n) is 4.43. The first kappa shape index (κ1) is 17.6. The molecule has 0 aliphatic carbocycles. The number of carbonyl (C=O) groups is 1. The minimum absolute atomic E-state index is 0.178. The summed E-state index contributed by atoms with van der Waals surface area (Å²) in [6.07, 6.45) is 1.79. The molecule has 1 amide bonds. The van der Waals surface area contributed by atoms with E-state index in [0.29, 0.717) is 12.1 Å². The van der Waals surface area contributed by atoms with Crippen molar-refractivity contribution in [2.24, 2.45) is 7.05 Å². The Balaban J connectivity index is 1.69. The third-order valence-corrected chi connectivity index (χ3v) is 4.43. The van der Waals surface area contributed by atoms with Gasteiger partial charge in [0.1, 0.15) is 11.2 Å². The highest BCUT2D eigenvalue weighted by Gasteiger charge is 2.24. The molecule has 1 aliphatic heterocycles. The van der Waals surface area contributed by atoms with Gasteiger partial charge >= 0.3 is 0 Å². The second-order valence-corrected chi connectivity index (χ2v) is 6.70. The molecule has 1 fully saturated rings. The third kappa shape index (κ3) is 3.57. The number of hydrogen-bond donors (Lipinski definition) is 1. The molecule has 1 saturated heterocycles. The van der Waals surface area contributed by atoms with Crippen molar-refractivity contribution in [1.29, 1.82) is 0 Å². The summed E-state index contributed by atoms with van der Waals surface area (Å²) < 4.78 is 7.06. The number of ether oxygens (including phenoxy) is 1. The maximum absolute atomic E-state index is 12.7. The molecule has 25 heavy (non-hydrogen) atoms. The van der Waals surface area contributed by atoms with Crippen LogP contribution < -0.4 is 5.56 Å². The highest BCUT2D eigenvalue weighted by atomic mass is 16.5. The minimum Gasteiger partial charge on any atom is -0.373 e. The van der Waals surface area contributed by atoms with Crippen molar-refractivity contribution in [3.8, 4) is 0 Å². The van der Waals surface area contributed by atoms with Crippen LogP contribution in [-0.4, -0.2) is 80.9 Å². The predicted octanol–water partition coefficient (Wildman–Crippen LogP) is -0.162. The fraction of sp³-hybridized carbons (Fsp3) is 0.625. The van der Waals surface area contributed by atoms with Crippen LogP contribution in [0.4, 0.5) is 0 Å². The Labute approximate surface area is 145 Å². The zero-order valence-electron chi connectivity index (χ0n) is 15.0. The van der Waals surface area contributed by atoms with E-state index in [9.17, 15) is 9.59 Å². The largest absolute Gasteiger partial charge is 0.373 e. The van der Waals surface area contributed by atoms with Crippen molar-refractivity contribution in [2.75, 3.05) is 33.2 Å². The molecule has 2 aromatic rings. The molecule has 9 nitrogen and oxygen atoms in total. The summed E-state index contributed by atoms with van der Waals surface area (Å²) in [5.74, 6) is -0.224. The fourth-order valence-corrected chi connectivity index (χ4v) is 3.17. The molecule has 0 unspecified atom stereocenters. The number of hydrogen-bond acceptors (Lipinski definition) is 6. The smallest absolute Gasteiger partial charge is 0.281 e. The molecule has 0 aromatic carbocycles. The number of aromatic amines is 1. The topological polar surface area (TPSA) is 96.4 Å². The summed E-state index contributed by atoms with van der Waals surface area (Å²) >= 11 is 0. The number of nitrogens with one attached hydrogen (secondary N) is 1. The first-order valence-corrected chi connectivity index (χ1v) is 8.39. The summed E-state index contributed by atoms with van der Waals surface area (Å²) in [6, 6.07) is 0. The normalized spacial score (nSPS) is 21.6. The molecule has 0 saturated carbocycles. The Morgan fingerprint density at radius 3 is 2.72 bits per heavy atom. The second kappa shape index (κ2) is 6.93. The Kier molecular flexibility index (Phi) is 4.87. The van der Waals surface area contributed by atoms with E-state index < -0.39 is 0 Å². The van der Waals surface area contributed by atoms with Gasteiger partial charge in [-0.3, -0.25) is 19.6 Å². The van der Waals surface area contributed by atoms with Gasteiger partial charge in [-0.05, 0) is 13.8 Å². The van der Waals surface area contributed by atoms with Crippen LogP contribution in [-0.2, 0) is 11.8 Å². The van der Waals surface area contributed by atoms with Crippen molar-refractivity contribution in [1.82, 2.24) is 29.5 Å². The van der Waals surface area contributed by atoms with Gasteiger partial charge < -0.3 is 14.2 Å². The van der Waals surface area contributed by atoms with Crippen LogP contribution in [0, 0.1) is 0 Å². The Bertz CT molecular complexity index is 819. The van der Waals surface area contributed by atoms with Gasteiger partial charge in [0, 0.05) is 40.3 Å². The molecule has 3 rings (SSSR count). The molecule has 1 aliphatic rings. The standard InChI is InChI=1S/C16H24N6O3/c1-10-7-22(8-11(2)25-10)6-5-20(3)15(23)13-12-14(19-18-13)16(24)21(4)9-17-12/h9-11H,5-8H2,1-4H3,(H,18,19)/t10-,11+. The first-order valence-electron chi connectivity index (χ1n) is 8.39. The monoisotopic (exact) mass is 348 g/mol. The number of amides is 1. The quantitative estimate of drug-likeness (QED) is 0.825. The van der Waals surface area contributed by atoms with Gasteiger partial charge in [0.25, 0.3) is 11.5 Å². The van der Waals surface area contributed by atoms with Crippen molar-refractivity contribution < 1.29 is 9.53 Å². The van der Waals surface area contributed by atoms with E-state index in [1.165, 1.54) is 10.9 Å². The van der Waals surface area contributed by atoms with E-state index >= 15 is 0 Å². The number of aryl methyl sites for hydroxylation is 1. The minimum atomic E-state index is -0.278. The molecule has 0 radical (unpaired) electrons. The molecular formula is C16H24N6O3. The molecule has 0 bridgehead atoms. The van der Waals surface area contributed by atoms with Gasteiger partial charge in [0.05, 0.1) is 18.5 Å². The van der Waals surface area contributed by atoms with E-state index in [2.05, 4.69) is 33.9 Å². The highest BCUT2D eigenvalue weighted by molar-refractivity contribution is 6.02. The number of likely N-dealkylation sites (N-methyl/N-ethyl adjacent to an activating group) is 1. The lowest BCUT2D eigenvalue weighted by Crippen LogP contribution is -2.48. The number of nitrogens with zero attached hydrogens (tertiary/aromatic N) is 5. The van der Waals surface area contributed by atoms with Crippen LogP contribution in [0.5, 0.6) is 0 Å². The average Bonchev–Trinajstić information content (AvgIpc) is 2.99. The van der Waals surface area contributed by atoms with Crippen LogP contribution in [0.15, 0.2) is 11.1 Å². The zero-order chi connectivity index (χ0) is 18.1. The summed E-state index contributed by atoms with van der Waals surface area (Å²) in [6.45, 7) is 7.17. The van der Waals surface area contributed by atoms with Gasteiger partial charge in [-0.25, -0.2) is 4.98 Å². The number of rotatable bonds is 4. The van der Waals surface area contributed by atoms with Gasteiger partial charge in [0.15, 0.2) is 5.52 Å². The first-order chi connectivity index (χ1) is 11.9. The van der Waals surface area contributed by atoms with E-state index in [4.69, 9.17) is 4.74 Å². The number of fused-ring (bicyclic) bond motifs is 1. The summed E-state index contributed by atoms with van der Waals surface area (Å²) in [5, 5.41) is 6.62. The maximum Gasteiger partial charge on any atom is 0.281 e. The van der Waals surface area contributed by atoms with Crippen molar-refractivity contribution in [3.05, 3.63) is 22.4 Å². The van der Waals surface area contributed by atoms with Crippen molar-refractivity contribution >= 4 is 16.9 Å². The number of carbonyl (C=O) groups excluding carboxylic acids is 1. The molecule has 3 heterocycles. The van der Waals surface area contributed by atoms with Crippen LogP contribution in [0.1, 0.15) is 24.3 Å². The van der Waals surface area contributed by atoms with Gasteiger partial charge in [0.2, 0.25) is 0 Å². The summed E-state index contributed by atoms with van der Waals surface area (Å²) in [5.41, 5.74) is 0.462. The SMILES string of the molecule is C[C@@H]1CN(CCN(C)C(=O)c2[nH]nc3c(=O)n(C)cnc23)C[C@H](C)O1. The molecule has 2 atom stereocenters. The Hall–Kier alpha value is -2.26. The molecule has 9 heteroatoms. The number of H-pyrrole nitrogens is 1. The van der Waals surface area contributed by atoms with Gasteiger partial charge in [-0.1, -0.05) is 0 Å². The lowest BCUT2D eigenvalue weighted by atomic mass is 10.2. The Morgan fingerprint density at radius 1 is 1.36 bits per heavy atom. The lowest BCUT2D eigenvalue weighted by molar-refractivity contribution is -0.0685. The van der Waals surface area contributed by atoms with Crippen molar-refractivity contribution in [3.63, 3.8) is 0 Å². The van der Waals surface area contributed by atoms with Crippen LogP contribution in [0.2, 0.25) is 0 Å². The van der Waals surface area contributed by atoms with Gasteiger partial charge in [-0.15, -0.1) is 0 Å². The fourth-order valence-electron chi connectivity index (χ4n) is 3.17. The van der Waals surface area contributed by atoms with Crippen LogP contribution in [0.25, 0.3) is 11.0 Å². The van der Waals surface area contributed by atoms with E-state index in [0.717, 1.165) is 19.6 Å². The predicted molar refractivity (Wildman–Crippen MR) is 92.5 cm³/mol. The van der Waals surface area contributed by atoms with Gasteiger partial charge in [-0.2, -0.15) is 5.10 Å². The van der Waals surface area contributed by atoms with Crippen LogP contribution in [0.3, 0.4) is 0 Å². The molecule has 1 N–H and O–H groups in total. The van der Waals surface area contributed by atoms with E-state index in [-0.39, 0.29) is 34.9 Å². The number of morpholine rings is 1. The molecular weight excluding hydrogens is 324 g/mol. The Morgan fingerprint density at radius 2 is 2.04 bits per heavy atom. The zero-order valence-corrected chi connectivity index (χ0v) is 15.0. The molecule has 136 valence electrons. The van der Waals surface area contributed by atoms with E-state index in [1.54, 1.807) is 19.0 Å². The van der Waals surface area contributed by atoms with E-state index in [1.807, 2.05) is 0 Å². The van der Waals surface area contributed by atoms with Crippen LogP contribution >= 0.6 is 0 Å². The lowest BCUT2D eigenvalue weighted by Gasteiger charge is -2.36. The number of aromatic nitrogens is 4. The molecule has 2 aromatic heterocycles. The molecule has 0 spiro atoms. The van der Waals surface area contributed by atoms with Crippen molar-refractivity contribution in [2.45, 2.75) is 26.1 Å². The summed E-state index contributed by atoms with van der Waals surface area (Å²) in [7, 11) is 3.34. The second-order valence-electron chi connectivity index (χ2n) is 6.70.